The van der Waals surface area contributed by atoms with Gasteiger partial charge in [-0.3, -0.25) is 14.4 Å². The molecule has 2 heterocycles. The Morgan fingerprint density at radius 2 is 1.84 bits per heavy atom. The quantitative estimate of drug-likeness (QED) is 0.434. The maximum atomic E-state index is 13.6. The normalized spacial score (nSPS) is 17.8. The van der Waals surface area contributed by atoms with Crippen molar-refractivity contribution in [3.63, 3.8) is 0 Å². The lowest BCUT2D eigenvalue weighted by molar-refractivity contribution is -0.140. The number of rotatable bonds is 12. The molecule has 0 radical (unpaired) electrons. The smallest absolute Gasteiger partial charge is 0.296 e. The maximum Gasteiger partial charge on any atom is 0.296 e. The van der Waals surface area contributed by atoms with Gasteiger partial charge >= 0.3 is 0 Å². The second-order valence-corrected chi connectivity index (χ2v) is 11.0. The van der Waals surface area contributed by atoms with E-state index in [0.29, 0.717) is 45.0 Å². The van der Waals surface area contributed by atoms with E-state index in [9.17, 15) is 14.4 Å². The molecule has 2 amide bonds. The molecule has 0 bridgehead atoms. The predicted molar refractivity (Wildman–Crippen MR) is 137 cm³/mol. The summed E-state index contributed by atoms with van der Waals surface area (Å²) in [7, 11) is 0. The van der Waals surface area contributed by atoms with Gasteiger partial charge in [0.1, 0.15) is 0 Å². The van der Waals surface area contributed by atoms with Gasteiger partial charge in [-0.2, -0.15) is 4.98 Å². The number of hydrogen-bond acceptors (Lipinski definition) is 7. The van der Waals surface area contributed by atoms with Crippen molar-refractivity contribution in [1.29, 1.82) is 0 Å². The molecule has 1 saturated heterocycles. The van der Waals surface area contributed by atoms with Crippen molar-refractivity contribution < 1.29 is 23.6 Å². The lowest BCUT2D eigenvalue weighted by Gasteiger charge is -2.32. The summed E-state index contributed by atoms with van der Waals surface area (Å²) >= 11 is 0. The molecule has 2 fully saturated rings. The van der Waals surface area contributed by atoms with Gasteiger partial charge in [0.15, 0.2) is 5.82 Å². The Morgan fingerprint density at radius 1 is 1.14 bits per heavy atom. The summed E-state index contributed by atoms with van der Waals surface area (Å²) in [4.78, 5) is 45.8. The summed E-state index contributed by atoms with van der Waals surface area (Å²) in [5.74, 6) is -0.588. The van der Waals surface area contributed by atoms with Crippen LogP contribution in [0.2, 0.25) is 0 Å². The van der Waals surface area contributed by atoms with Crippen molar-refractivity contribution >= 4 is 17.6 Å². The van der Waals surface area contributed by atoms with E-state index in [1.54, 1.807) is 4.90 Å². The Kier molecular flexibility index (Phi) is 8.74. The highest BCUT2D eigenvalue weighted by atomic mass is 16.5. The van der Waals surface area contributed by atoms with E-state index in [1.165, 1.54) is 5.56 Å². The first-order valence-corrected chi connectivity index (χ1v) is 13.3. The van der Waals surface area contributed by atoms with Crippen LogP contribution < -0.4 is 5.32 Å². The molecule has 1 saturated carbocycles. The van der Waals surface area contributed by atoms with Crippen molar-refractivity contribution in [1.82, 2.24) is 20.4 Å². The highest BCUT2D eigenvalue weighted by Crippen LogP contribution is 2.38. The van der Waals surface area contributed by atoms with E-state index in [1.807, 2.05) is 25.1 Å². The number of hydrogen-bond donors (Lipinski definition) is 1. The first-order valence-electron chi connectivity index (χ1n) is 13.3. The topological polar surface area (TPSA) is 115 Å². The minimum Gasteiger partial charge on any atom is -0.378 e. The van der Waals surface area contributed by atoms with Crippen LogP contribution >= 0.6 is 0 Å². The average Bonchev–Trinajstić information content (AvgIpc) is 3.63. The molecule has 1 aliphatic carbocycles. The highest BCUT2D eigenvalue weighted by Gasteiger charge is 2.35. The molecule has 1 aliphatic heterocycles. The number of nitrogens with zero attached hydrogens (tertiary/aromatic N) is 3. The van der Waals surface area contributed by atoms with Gasteiger partial charge in [0, 0.05) is 31.3 Å². The fourth-order valence-electron chi connectivity index (χ4n) is 4.93. The number of carbonyl (C=O) groups excluding carboxylic acids is 3. The third-order valence-electron chi connectivity index (χ3n) is 7.12. The predicted octanol–water partition coefficient (Wildman–Crippen LogP) is 3.55. The number of morpholine rings is 1. The van der Waals surface area contributed by atoms with Gasteiger partial charge in [0.05, 0.1) is 19.3 Å². The first kappa shape index (κ1) is 27.0. The minimum absolute atomic E-state index is 0.0655. The number of Topliss-reactive ketones (excluding diaryl/α,β-unsaturated/α-hetero) is 1. The van der Waals surface area contributed by atoms with E-state index in [0.717, 1.165) is 19.3 Å². The minimum atomic E-state index is -0.793. The maximum absolute atomic E-state index is 13.6. The van der Waals surface area contributed by atoms with Crippen LogP contribution in [-0.4, -0.2) is 65.0 Å². The fraction of sp³-hybridized carbons (Fsp3) is 0.607. The van der Waals surface area contributed by atoms with Gasteiger partial charge < -0.3 is 19.5 Å². The molecule has 37 heavy (non-hydrogen) atoms. The molecular formula is C28H38N4O5. The first-order chi connectivity index (χ1) is 17.8. The third-order valence-corrected chi connectivity index (χ3v) is 7.12. The number of ether oxygens (including phenoxy) is 1. The van der Waals surface area contributed by atoms with Gasteiger partial charge in [-0.15, -0.1) is 0 Å². The molecule has 1 aromatic heterocycles. The van der Waals surface area contributed by atoms with Gasteiger partial charge in [0.2, 0.25) is 17.6 Å². The van der Waals surface area contributed by atoms with Crippen molar-refractivity contribution in [2.24, 2.45) is 11.3 Å². The molecule has 1 aromatic carbocycles. The average molecular weight is 511 g/mol. The lowest BCUT2D eigenvalue weighted by Crippen LogP contribution is -2.47. The van der Waals surface area contributed by atoms with Crippen LogP contribution in [0.15, 0.2) is 34.9 Å². The Balaban J connectivity index is 1.46. The van der Waals surface area contributed by atoms with E-state index in [-0.39, 0.29) is 35.5 Å². The zero-order valence-corrected chi connectivity index (χ0v) is 22.1. The number of ketones is 1. The summed E-state index contributed by atoms with van der Waals surface area (Å²) < 4.78 is 10.6. The summed E-state index contributed by atoms with van der Waals surface area (Å²) in [6.45, 7) is 8.10. The van der Waals surface area contributed by atoms with Gasteiger partial charge in [-0.1, -0.05) is 56.3 Å². The third kappa shape index (κ3) is 7.47. The van der Waals surface area contributed by atoms with Crippen molar-refractivity contribution in [3.05, 3.63) is 47.6 Å². The monoisotopic (exact) mass is 510 g/mol. The largest absolute Gasteiger partial charge is 0.378 e. The number of benzene rings is 1. The Labute approximate surface area is 218 Å². The Hall–Kier alpha value is -3.07. The SMILES string of the molecule is CC[C@@H](NC(=O)[C@H](CC(=O)N1CCOCC1)CC(C)(C)Cc1ccccc1)C(=O)c1nc(C2CC2)no1. The second-order valence-electron chi connectivity index (χ2n) is 11.0. The van der Waals surface area contributed by atoms with E-state index < -0.39 is 17.7 Å². The molecule has 2 aliphatic rings. The van der Waals surface area contributed by atoms with Crippen LogP contribution in [0.1, 0.15) is 80.9 Å². The van der Waals surface area contributed by atoms with Crippen LogP contribution in [0.3, 0.4) is 0 Å². The molecule has 4 rings (SSSR count). The van der Waals surface area contributed by atoms with Crippen LogP contribution in [0, 0.1) is 11.3 Å². The fourth-order valence-corrected chi connectivity index (χ4v) is 4.93. The number of carbonyl (C=O) groups is 3. The van der Waals surface area contributed by atoms with Crippen LogP contribution in [0.5, 0.6) is 0 Å². The molecule has 9 heteroatoms. The summed E-state index contributed by atoms with van der Waals surface area (Å²) in [5.41, 5.74) is 0.932. The molecule has 200 valence electrons. The summed E-state index contributed by atoms with van der Waals surface area (Å²) in [6, 6.07) is 9.33. The molecule has 2 atom stereocenters. The molecule has 9 nitrogen and oxygen atoms in total. The molecular weight excluding hydrogens is 472 g/mol. The zero-order chi connectivity index (χ0) is 26.4. The molecule has 0 unspecified atom stereocenters. The van der Waals surface area contributed by atoms with Crippen molar-refractivity contribution in [3.8, 4) is 0 Å². The summed E-state index contributed by atoms with van der Waals surface area (Å²) in [5, 5.41) is 6.83. The van der Waals surface area contributed by atoms with E-state index in [2.05, 4.69) is 41.4 Å². The molecule has 1 N–H and O–H groups in total. The standard InChI is InChI=1S/C28H38N4O5/c1-4-22(24(34)27-30-25(31-37-27)20-10-11-20)29-26(35)21(16-23(33)32-12-14-36-15-13-32)18-28(2,3)17-19-8-6-5-7-9-19/h5-9,20-22H,4,10-18H2,1-3H3,(H,29,35)/t21-,22-/m1/s1. The number of amides is 2. The zero-order valence-electron chi connectivity index (χ0n) is 22.1. The second kappa shape index (κ2) is 12.0. The molecule has 0 spiro atoms. The Bertz CT molecular complexity index is 1070. The van der Waals surface area contributed by atoms with Crippen LogP contribution in [0.25, 0.3) is 0 Å². The number of nitrogens with one attached hydrogen (secondary N) is 1. The summed E-state index contributed by atoms with van der Waals surface area (Å²) in [6.07, 6.45) is 3.73. The highest BCUT2D eigenvalue weighted by molar-refractivity contribution is 5.99. The van der Waals surface area contributed by atoms with E-state index in [4.69, 9.17) is 9.26 Å². The van der Waals surface area contributed by atoms with Gasteiger partial charge in [0.25, 0.3) is 5.89 Å². The molecule has 2 aromatic rings. The lowest BCUT2D eigenvalue weighted by atomic mass is 9.76. The van der Waals surface area contributed by atoms with Crippen LogP contribution in [0.4, 0.5) is 0 Å². The van der Waals surface area contributed by atoms with Gasteiger partial charge in [-0.25, -0.2) is 0 Å². The number of aromatic nitrogens is 2. The van der Waals surface area contributed by atoms with E-state index >= 15 is 0 Å². The van der Waals surface area contributed by atoms with Gasteiger partial charge in [-0.05, 0) is 43.1 Å². The van der Waals surface area contributed by atoms with Crippen molar-refractivity contribution in [2.45, 2.75) is 71.3 Å². The Morgan fingerprint density at radius 3 is 2.49 bits per heavy atom. The van der Waals surface area contributed by atoms with Crippen LogP contribution in [-0.2, 0) is 20.7 Å². The van der Waals surface area contributed by atoms with Crippen molar-refractivity contribution in [2.75, 3.05) is 26.3 Å².